The summed E-state index contributed by atoms with van der Waals surface area (Å²) in [7, 11) is 0. The van der Waals surface area contributed by atoms with Gasteiger partial charge in [0, 0.05) is 5.54 Å². The van der Waals surface area contributed by atoms with Crippen molar-refractivity contribution in [3.05, 3.63) is 17.8 Å². The maximum atomic E-state index is 10.8. The minimum atomic E-state index is -0.980. The number of aromatic nitrogens is 2. The molecule has 0 spiro atoms. The molecule has 14 heavy (non-hydrogen) atoms. The summed E-state index contributed by atoms with van der Waals surface area (Å²) in [5.41, 5.74) is 0.188. The van der Waals surface area contributed by atoms with Gasteiger partial charge in [-0.25, -0.2) is 4.79 Å². The van der Waals surface area contributed by atoms with E-state index in [2.05, 4.69) is 15.5 Å². The van der Waals surface area contributed by atoms with Crippen LogP contribution in [-0.2, 0) is 0 Å². The van der Waals surface area contributed by atoms with Crippen LogP contribution in [0.2, 0.25) is 0 Å². The van der Waals surface area contributed by atoms with Crippen molar-refractivity contribution in [3.8, 4) is 0 Å². The van der Waals surface area contributed by atoms with Crippen molar-refractivity contribution in [1.29, 1.82) is 0 Å². The van der Waals surface area contributed by atoms with Crippen molar-refractivity contribution >= 4 is 11.8 Å². The van der Waals surface area contributed by atoms with Crippen LogP contribution >= 0.6 is 0 Å². The molecule has 1 aliphatic carbocycles. The molecule has 0 aliphatic heterocycles. The van der Waals surface area contributed by atoms with Crippen molar-refractivity contribution in [2.75, 3.05) is 5.32 Å². The fourth-order valence-corrected chi connectivity index (χ4v) is 1.19. The summed E-state index contributed by atoms with van der Waals surface area (Å²) in [6.45, 7) is 2.04. The summed E-state index contributed by atoms with van der Waals surface area (Å²) < 4.78 is 0. The molecule has 2 N–H and O–H groups in total. The molecule has 0 radical (unpaired) electrons. The largest absolute Gasteiger partial charge is 0.478 e. The first-order valence-electron chi connectivity index (χ1n) is 4.44. The maximum absolute atomic E-state index is 10.8. The molecule has 0 bridgehead atoms. The minimum absolute atomic E-state index is 0.0141. The Morgan fingerprint density at radius 1 is 1.64 bits per heavy atom. The molecule has 2 rings (SSSR count). The maximum Gasteiger partial charge on any atom is 0.339 e. The average Bonchev–Trinajstić information content (AvgIpc) is 2.84. The summed E-state index contributed by atoms with van der Waals surface area (Å²) in [6.07, 6.45) is 3.47. The zero-order valence-electron chi connectivity index (χ0n) is 7.82. The molecule has 1 aliphatic rings. The topological polar surface area (TPSA) is 75.1 Å². The van der Waals surface area contributed by atoms with Crippen LogP contribution in [0, 0.1) is 0 Å². The number of carboxylic acids is 1. The van der Waals surface area contributed by atoms with Gasteiger partial charge < -0.3 is 10.4 Å². The predicted octanol–water partition coefficient (Wildman–Crippen LogP) is 1.14. The molecule has 5 heteroatoms. The summed E-state index contributed by atoms with van der Waals surface area (Å²) in [4.78, 5) is 10.8. The molecule has 5 nitrogen and oxygen atoms in total. The molecule has 1 fully saturated rings. The second-order valence-electron chi connectivity index (χ2n) is 3.78. The monoisotopic (exact) mass is 193 g/mol. The molecule has 1 aromatic heterocycles. The van der Waals surface area contributed by atoms with Gasteiger partial charge in [-0.05, 0) is 25.8 Å². The number of anilines is 1. The molecule has 0 atom stereocenters. The van der Waals surface area contributed by atoms with Gasteiger partial charge in [0.2, 0.25) is 0 Å². The number of nitrogens with one attached hydrogen (secondary N) is 1. The number of hydrogen-bond acceptors (Lipinski definition) is 4. The second kappa shape index (κ2) is 2.94. The van der Waals surface area contributed by atoms with E-state index in [9.17, 15) is 4.79 Å². The highest BCUT2D eigenvalue weighted by Crippen LogP contribution is 2.38. The first kappa shape index (κ1) is 8.93. The summed E-state index contributed by atoms with van der Waals surface area (Å²) in [6, 6.07) is 1.45. The highest BCUT2D eigenvalue weighted by atomic mass is 16.4. The minimum Gasteiger partial charge on any atom is -0.478 e. The van der Waals surface area contributed by atoms with Gasteiger partial charge in [0.15, 0.2) is 5.82 Å². The number of rotatable bonds is 3. The molecule has 1 aromatic rings. The van der Waals surface area contributed by atoms with E-state index in [0.29, 0.717) is 5.82 Å². The van der Waals surface area contributed by atoms with Crippen LogP contribution in [0.1, 0.15) is 30.1 Å². The number of carboxylic acid groups (broad SMARTS) is 1. The smallest absolute Gasteiger partial charge is 0.339 e. The lowest BCUT2D eigenvalue weighted by Gasteiger charge is -2.12. The lowest BCUT2D eigenvalue weighted by molar-refractivity contribution is 0.0697. The Morgan fingerprint density at radius 3 is 2.93 bits per heavy atom. The second-order valence-corrected chi connectivity index (χ2v) is 3.78. The van der Waals surface area contributed by atoms with Crippen molar-refractivity contribution < 1.29 is 9.90 Å². The number of hydrogen-bond donors (Lipinski definition) is 2. The van der Waals surface area contributed by atoms with Gasteiger partial charge in [0.05, 0.1) is 6.20 Å². The molecule has 0 amide bonds. The van der Waals surface area contributed by atoms with Crippen molar-refractivity contribution in [2.45, 2.75) is 25.3 Å². The van der Waals surface area contributed by atoms with Crippen LogP contribution in [0.25, 0.3) is 0 Å². The molecule has 0 aromatic carbocycles. The first-order chi connectivity index (χ1) is 6.61. The standard InChI is InChI=1S/C9H11N3O2/c1-9(3-4-9)11-7-6(8(13)14)2-5-10-12-7/h2,5H,3-4H2,1H3,(H,11,12)(H,13,14). The summed E-state index contributed by atoms with van der Waals surface area (Å²) in [5.74, 6) is -0.619. The van der Waals surface area contributed by atoms with E-state index in [4.69, 9.17) is 5.11 Å². The van der Waals surface area contributed by atoms with Crippen LogP contribution in [0.15, 0.2) is 12.3 Å². The Kier molecular flexibility index (Phi) is 1.87. The number of aromatic carboxylic acids is 1. The molecular weight excluding hydrogens is 182 g/mol. The molecular formula is C9H11N3O2. The molecule has 1 heterocycles. The quantitative estimate of drug-likeness (QED) is 0.752. The van der Waals surface area contributed by atoms with Gasteiger partial charge in [-0.3, -0.25) is 0 Å². The summed E-state index contributed by atoms with van der Waals surface area (Å²) in [5, 5.41) is 19.4. The van der Waals surface area contributed by atoms with E-state index in [0.717, 1.165) is 12.8 Å². The van der Waals surface area contributed by atoms with Gasteiger partial charge in [0.1, 0.15) is 5.56 Å². The van der Waals surface area contributed by atoms with Crippen molar-refractivity contribution in [3.63, 3.8) is 0 Å². The zero-order chi connectivity index (χ0) is 10.2. The van der Waals surface area contributed by atoms with Crippen LogP contribution in [-0.4, -0.2) is 26.8 Å². The Morgan fingerprint density at radius 2 is 2.36 bits per heavy atom. The molecule has 0 unspecified atom stereocenters. The van der Waals surface area contributed by atoms with Crippen molar-refractivity contribution in [1.82, 2.24) is 10.2 Å². The van der Waals surface area contributed by atoms with Gasteiger partial charge in [-0.2, -0.15) is 5.10 Å². The predicted molar refractivity (Wildman–Crippen MR) is 50.3 cm³/mol. The highest BCUT2D eigenvalue weighted by Gasteiger charge is 2.38. The molecule has 0 saturated heterocycles. The van der Waals surface area contributed by atoms with E-state index in [1.165, 1.54) is 12.3 Å². The number of carbonyl (C=O) groups is 1. The van der Waals surface area contributed by atoms with E-state index < -0.39 is 5.97 Å². The van der Waals surface area contributed by atoms with E-state index >= 15 is 0 Å². The van der Waals surface area contributed by atoms with Gasteiger partial charge in [0.25, 0.3) is 0 Å². The number of nitrogens with zero attached hydrogens (tertiary/aromatic N) is 2. The van der Waals surface area contributed by atoms with Gasteiger partial charge >= 0.3 is 5.97 Å². The summed E-state index contributed by atoms with van der Waals surface area (Å²) >= 11 is 0. The van der Waals surface area contributed by atoms with E-state index in [1.807, 2.05) is 6.92 Å². The van der Waals surface area contributed by atoms with E-state index in [-0.39, 0.29) is 11.1 Å². The average molecular weight is 193 g/mol. The first-order valence-corrected chi connectivity index (χ1v) is 4.44. The fourth-order valence-electron chi connectivity index (χ4n) is 1.19. The fraction of sp³-hybridized carbons (Fsp3) is 0.444. The normalized spacial score (nSPS) is 17.5. The van der Waals surface area contributed by atoms with Crippen LogP contribution in [0.3, 0.4) is 0 Å². The third-order valence-electron chi connectivity index (χ3n) is 2.37. The van der Waals surface area contributed by atoms with Crippen LogP contribution in [0.4, 0.5) is 5.82 Å². The third kappa shape index (κ3) is 1.66. The third-order valence-corrected chi connectivity index (χ3v) is 2.37. The highest BCUT2D eigenvalue weighted by molar-refractivity contribution is 5.92. The zero-order valence-corrected chi connectivity index (χ0v) is 7.82. The Bertz CT molecular complexity index is 374. The van der Waals surface area contributed by atoms with Crippen LogP contribution in [0.5, 0.6) is 0 Å². The Labute approximate surface area is 81.2 Å². The molecule has 74 valence electrons. The van der Waals surface area contributed by atoms with Crippen LogP contribution < -0.4 is 5.32 Å². The SMILES string of the molecule is CC1(Nc2nnccc2C(=O)O)CC1. The van der Waals surface area contributed by atoms with Gasteiger partial charge in [-0.15, -0.1) is 5.10 Å². The lowest BCUT2D eigenvalue weighted by Crippen LogP contribution is -2.19. The Balaban J connectivity index is 2.27. The Hall–Kier alpha value is -1.65. The van der Waals surface area contributed by atoms with E-state index in [1.54, 1.807) is 0 Å². The molecule has 1 saturated carbocycles. The van der Waals surface area contributed by atoms with Crippen molar-refractivity contribution in [2.24, 2.45) is 0 Å². The lowest BCUT2D eigenvalue weighted by atomic mass is 10.2. The van der Waals surface area contributed by atoms with Gasteiger partial charge in [-0.1, -0.05) is 0 Å².